The molecule has 0 spiro atoms. The SMILES string of the molecule is CC(NC(=O)CN)C(=O)OC1CCC2(C)C(=CCC3C2CCC2(C)C(c4cccnc4)=CCC32)C1. The highest BCUT2D eigenvalue weighted by atomic mass is 16.5. The topological polar surface area (TPSA) is 94.3 Å². The molecule has 1 amide bonds. The predicted molar refractivity (Wildman–Crippen MR) is 136 cm³/mol. The molecule has 0 saturated heterocycles. The molecule has 5 rings (SSSR count). The van der Waals surface area contributed by atoms with Crippen molar-refractivity contribution in [2.45, 2.75) is 77.9 Å². The maximum atomic E-state index is 12.5. The average molecular weight is 478 g/mol. The minimum Gasteiger partial charge on any atom is -0.461 e. The summed E-state index contributed by atoms with van der Waals surface area (Å²) in [4.78, 5) is 28.4. The molecule has 2 saturated carbocycles. The smallest absolute Gasteiger partial charge is 0.328 e. The van der Waals surface area contributed by atoms with Crippen LogP contribution in [-0.2, 0) is 14.3 Å². The first-order chi connectivity index (χ1) is 16.8. The summed E-state index contributed by atoms with van der Waals surface area (Å²) in [5, 5.41) is 2.60. The zero-order chi connectivity index (χ0) is 24.8. The number of hydrogen-bond donors (Lipinski definition) is 2. The maximum Gasteiger partial charge on any atom is 0.328 e. The Morgan fingerprint density at radius 3 is 2.71 bits per heavy atom. The van der Waals surface area contributed by atoms with E-state index in [2.05, 4.69) is 42.4 Å². The van der Waals surface area contributed by atoms with E-state index >= 15 is 0 Å². The number of rotatable bonds is 5. The summed E-state index contributed by atoms with van der Waals surface area (Å²) < 4.78 is 5.83. The van der Waals surface area contributed by atoms with Crippen molar-refractivity contribution in [1.29, 1.82) is 0 Å². The predicted octanol–water partition coefficient (Wildman–Crippen LogP) is 4.41. The Kier molecular flexibility index (Phi) is 6.37. The number of ether oxygens (including phenoxy) is 1. The van der Waals surface area contributed by atoms with Crippen LogP contribution in [0.15, 0.2) is 42.3 Å². The van der Waals surface area contributed by atoms with Gasteiger partial charge in [-0.2, -0.15) is 0 Å². The van der Waals surface area contributed by atoms with E-state index in [1.54, 1.807) is 6.92 Å². The Morgan fingerprint density at radius 2 is 1.97 bits per heavy atom. The van der Waals surface area contributed by atoms with Gasteiger partial charge >= 0.3 is 5.97 Å². The minimum absolute atomic E-state index is 0.116. The van der Waals surface area contributed by atoms with Gasteiger partial charge in [-0.1, -0.05) is 37.6 Å². The van der Waals surface area contributed by atoms with Crippen molar-refractivity contribution in [3.8, 4) is 0 Å². The van der Waals surface area contributed by atoms with E-state index in [-0.39, 0.29) is 35.4 Å². The van der Waals surface area contributed by atoms with E-state index < -0.39 is 6.04 Å². The lowest BCUT2D eigenvalue weighted by Crippen LogP contribution is -2.50. The number of nitrogens with two attached hydrogens (primary N) is 1. The third-order valence-electron chi connectivity index (χ3n) is 9.81. The molecule has 4 aliphatic carbocycles. The van der Waals surface area contributed by atoms with Gasteiger partial charge < -0.3 is 15.8 Å². The molecule has 7 atom stereocenters. The molecule has 0 aromatic carbocycles. The van der Waals surface area contributed by atoms with Crippen LogP contribution in [0.5, 0.6) is 0 Å². The number of allylic oxidation sites excluding steroid dienone is 3. The minimum atomic E-state index is -0.677. The fourth-order valence-corrected chi connectivity index (χ4v) is 7.89. The van der Waals surface area contributed by atoms with Gasteiger partial charge in [0, 0.05) is 18.8 Å². The van der Waals surface area contributed by atoms with Gasteiger partial charge in [-0.3, -0.25) is 9.78 Å². The molecule has 7 unspecified atom stereocenters. The number of nitrogens with one attached hydrogen (secondary N) is 1. The van der Waals surface area contributed by atoms with Crippen molar-refractivity contribution in [2.24, 2.45) is 34.3 Å². The number of nitrogens with zero attached hydrogens (tertiary/aromatic N) is 1. The van der Waals surface area contributed by atoms with Crippen LogP contribution in [0.1, 0.15) is 71.3 Å². The summed E-state index contributed by atoms with van der Waals surface area (Å²) in [6.45, 7) is 6.48. The number of amides is 1. The van der Waals surface area contributed by atoms with Gasteiger partial charge in [0.05, 0.1) is 6.54 Å². The average Bonchev–Trinajstić information content (AvgIpc) is 3.21. The van der Waals surface area contributed by atoms with E-state index in [0.29, 0.717) is 17.8 Å². The van der Waals surface area contributed by atoms with Gasteiger partial charge in [0.1, 0.15) is 12.1 Å². The monoisotopic (exact) mass is 477 g/mol. The van der Waals surface area contributed by atoms with Gasteiger partial charge in [-0.05, 0) is 91.2 Å². The number of carbonyl (C=O) groups is 2. The zero-order valence-corrected chi connectivity index (χ0v) is 21.3. The van der Waals surface area contributed by atoms with Crippen molar-refractivity contribution < 1.29 is 14.3 Å². The summed E-state index contributed by atoms with van der Waals surface area (Å²) >= 11 is 0. The van der Waals surface area contributed by atoms with Crippen LogP contribution in [0.4, 0.5) is 0 Å². The molecule has 35 heavy (non-hydrogen) atoms. The van der Waals surface area contributed by atoms with Crippen LogP contribution < -0.4 is 11.1 Å². The second kappa shape index (κ2) is 9.20. The molecule has 188 valence electrons. The Balaban J connectivity index is 1.28. The summed E-state index contributed by atoms with van der Waals surface area (Å²) in [5.41, 5.74) is 10.0. The largest absolute Gasteiger partial charge is 0.461 e. The lowest BCUT2D eigenvalue weighted by molar-refractivity contribution is -0.154. The normalized spacial score (nSPS) is 36.6. The zero-order valence-electron chi connectivity index (χ0n) is 21.3. The number of fused-ring (bicyclic) bond motifs is 5. The van der Waals surface area contributed by atoms with Crippen LogP contribution >= 0.6 is 0 Å². The molecular weight excluding hydrogens is 438 g/mol. The number of carbonyl (C=O) groups excluding carboxylic acids is 2. The summed E-state index contributed by atoms with van der Waals surface area (Å²) in [5.74, 6) is 1.33. The summed E-state index contributed by atoms with van der Waals surface area (Å²) in [7, 11) is 0. The van der Waals surface area contributed by atoms with E-state index in [1.807, 2.05) is 18.5 Å². The maximum absolute atomic E-state index is 12.5. The Hall–Kier alpha value is -2.47. The van der Waals surface area contributed by atoms with Crippen LogP contribution in [-0.4, -0.2) is 35.6 Å². The molecule has 0 aliphatic heterocycles. The van der Waals surface area contributed by atoms with Gasteiger partial charge in [-0.15, -0.1) is 0 Å². The third kappa shape index (κ3) is 4.14. The number of esters is 1. The number of pyridine rings is 1. The van der Waals surface area contributed by atoms with Gasteiger partial charge in [0.15, 0.2) is 0 Å². The van der Waals surface area contributed by atoms with Crippen molar-refractivity contribution >= 4 is 17.4 Å². The van der Waals surface area contributed by atoms with Crippen LogP contribution in [0, 0.1) is 28.6 Å². The third-order valence-corrected chi connectivity index (χ3v) is 9.81. The molecule has 0 radical (unpaired) electrons. The molecule has 0 bridgehead atoms. The van der Waals surface area contributed by atoms with Crippen molar-refractivity contribution in [2.75, 3.05) is 6.54 Å². The molecule has 3 N–H and O–H groups in total. The van der Waals surface area contributed by atoms with Crippen molar-refractivity contribution in [1.82, 2.24) is 10.3 Å². The van der Waals surface area contributed by atoms with Gasteiger partial charge in [-0.25, -0.2) is 4.79 Å². The molecule has 4 aliphatic rings. The summed E-state index contributed by atoms with van der Waals surface area (Å²) in [6.07, 6.45) is 16.2. The first kappa shape index (κ1) is 24.2. The van der Waals surface area contributed by atoms with E-state index in [4.69, 9.17) is 10.5 Å². The standard InChI is InChI=1S/C29H39N3O3/c1-18(32-26(33)16-30)27(34)35-21-10-12-28(2)20(15-21)6-7-22-24-9-8-23(19-5-4-14-31-17-19)29(24,3)13-11-25(22)28/h4-6,8,14,17-18,21-22,24-25H,7,9-13,15-16,30H2,1-3H3,(H,32,33). The van der Waals surface area contributed by atoms with Gasteiger partial charge in [0.25, 0.3) is 0 Å². The number of aromatic nitrogens is 1. The van der Waals surface area contributed by atoms with Crippen molar-refractivity contribution in [3.05, 3.63) is 47.8 Å². The first-order valence-electron chi connectivity index (χ1n) is 13.3. The highest BCUT2D eigenvalue weighted by Gasteiger charge is 2.57. The Bertz CT molecular complexity index is 1050. The molecule has 1 heterocycles. The van der Waals surface area contributed by atoms with Crippen LogP contribution in [0.2, 0.25) is 0 Å². The Labute approximate surface area is 208 Å². The highest BCUT2D eigenvalue weighted by Crippen LogP contribution is 2.66. The highest BCUT2D eigenvalue weighted by molar-refractivity contribution is 5.85. The number of hydrogen-bond acceptors (Lipinski definition) is 5. The van der Waals surface area contributed by atoms with E-state index in [1.165, 1.54) is 29.6 Å². The molecule has 1 aromatic heterocycles. The van der Waals surface area contributed by atoms with E-state index in [9.17, 15) is 9.59 Å². The molecule has 2 fully saturated rings. The fraction of sp³-hybridized carbons (Fsp3) is 0.621. The van der Waals surface area contributed by atoms with E-state index in [0.717, 1.165) is 32.1 Å². The molecular formula is C29H39N3O3. The lowest BCUT2D eigenvalue weighted by Gasteiger charge is -2.57. The first-order valence-corrected chi connectivity index (χ1v) is 13.3. The van der Waals surface area contributed by atoms with Gasteiger partial charge in [0.2, 0.25) is 5.91 Å². The molecule has 6 heteroatoms. The van der Waals surface area contributed by atoms with Crippen LogP contribution in [0.25, 0.3) is 5.57 Å². The second-order valence-corrected chi connectivity index (χ2v) is 11.6. The summed E-state index contributed by atoms with van der Waals surface area (Å²) in [6, 6.07) is 3.58. The Morgan fingerprint density at radius 1 is 1.17 bits per heavy atom. The quantitative estimate of drug-likeness (QED) is 0.484. The molecule has 6 nitrogen and oxygen atoms in total. The fourth-order valence-electron chi connectivity index (χ4n) is 7.89. The van der Waals surface area contributed by atoms with Crippen molar-refractivity contribution in [3.63, 3.8) is 0 Å². The second-order valence-electron chi connectivity index (χ2n) is 11.6. The molecule has 1 aromatic rings. The lowest BCUT2D eigenvalue weighted by atomic mass is 9.47. The van der Waals surface area contributed by atoms with Crippen LogP contribution in [0.3, 0.4) is 0 Å².